The van der Waals surface area contributed by atoms with Crippen LogP contribution in [0.1, 0.15) is 61.9 Å². The van der Waals surface area contributed by atoms with Crippen LogP contribution in [0.5, 0.6) is 0 Å². The zero-order valence-corrected chi connectivity index (χ0v) is 23.9. The SMILES string of the molecule is CC1=CC(C)C=C(CCCN(Cl)C(c2ccccc2)C(NS(=O)(=O)c2ccc(C)cc2)c2ccccc2)C1. The van der Waals surface area contributed by atoms with Crippen LogP contribution in [-0.4, -0.2) is 19.4 Å². The van der Waals surface area contributed by atoms with Gasteiger partial charge in [-0.15, -0.1) is 0 Å². The molecule has 3 atom stereocenters. The number of nitrogens with one attached hydrogen (secondary N) is 1. The van der Waals surface area contributed by atoms with E-state index in [0.29, 0.717) is 12.5 Å². The molecule has 38 heavy (non-hydrogen) atoms. The van der Waals surface area contributed by atoms with E-state index in [0.717, 1.165) is 36.0 Å². The Morgan fingerprint density at radius 1 is 0.895 bits per heavy atom. The molecule has 4 nitrogen and oxygen atoms in total. The average Bonchev–Trinajstić information content (AvgIpc) is 2.89. The smallest absolute Gasteiger partial charge is 0.211 e. The highest BCUT2D eigenvalue weighted by molar-refractivity contribution is 7.89. The fraction of sp³-hybridized carbons (Fsp3) is 0.312. The van der Waals surface area contributed by atoms with E-state index in [1.54, 1.807) is 16.6 Å². The molecule has 3 aromatic carbocycles. The maximum atomic E-state index is 13.6. The van der Waals surface area contributed by atoms with Crippen molar-refractivity contribution in [2.45, 2.75) is 57.0 Å². The second kappa shape index (κ2) is 12.9. The van der Waals surface area contributed by atoms with E-state index >= 15 is 0 Å². The summed E-state index contributed by atoms with van der Waals surface area (Å²) < 4.78 is 31.9. The number of hydrogen-bond acceptors (Lipinski definition) is 3. The van der Waals surface area contributed by atoms with Gasteiger partial charge in [-0.3, -0.25) is 0 Å². The number of halogens is 1. The number of rotatable bonds is 11. The van der Waals surface area contributed by atoms with Crippen molar-refractivity contribution >= 4 is 21.8 Å². The van der Waals surface area contributed by atoms with Crippen molar-refractivity contribution in [2.24, 2.45) is 5.92 Å². The first-order valence-electron chi connectivity index (χ1n) is 13.2. The molecule has 200 valence electrons. The van der Waals surface area contributed by atoms with E-state index < -0.39 is 22.1 Å². The number of allylic oxidation sites excluding steroid dienone is 4. The van der Waals surface area contributed by atoms with Gasteiger partial charge in [0.2, 0.25) is 10.0 Å². The van der Waals surface area contributed by atoms with Gasteiger partial charge in [0.25, 0.3) is 0 Å². The van der Waals surface area contributed by atoms with E-state index in [1.807, 2.05) is 79.7 Å². The lowest BCUT2D eigenvalue weighted by atomic mass is 9.90. The van der Waals surface area contributed by atoms with Crippen molar-refractivity contribution in [1.82, 2.24) is 9.14 Å². The molecule has 0 fully saturated rings. The maximum Gasteiger partial charge on any atom is 0.241 e. The predicted molar refractivity (Wildman–Crippen MR) is 157 cm³/mol. The summed E-state index contributed by atoms with van der Waals surface area (Å²) in [5.74, 6) is 0.460. The third-order valence-electron chi connectivity index (χ3n) is 6.95. The molecule has 0 radical (unpaired) electrons. The molecular weight excluding hydrogens is 512 g/mol. The first kappa shape index (κ1) is 28.3. The number of sulfonamides is 1. The Bertz CT molecular complexity index is 1350. The average molecular weight is 549 g/mol. The van der Waals surface area contributed by atoms with Crippen molar-refractivity contribution in [3.05, 3.63) is 125 Å². The second-order valence-electron chi connectivity index (χ2n) is 10.3. The lowest BCUT2D eigenvalue weighted by molar-refractivity contribution is 0.284. The Hall–Kier alpha value is -2.70. The molecule has 1 aliphatic rings. The van der Waals surface area contributed by atoms with E-state index in [4.69, 9.17) is 11.8 Å². The van der Waals surface area contributed by atoms with Crippen molar-refractivity contribution in [3.8, 4) is 0 Å². The summed E-state index contributed by atoms with van der Waals surface area (Å²) >= 11 is 7.06. The largest absolute Gasteiger partial charge is 0.241 e. The lowest BCUT2D eigenvalue weighted by Crippen LogP contribution is -2.38. The predicted octanol–water partition coefficient (Wildman–Crippen LogP) is 7.90. The summed E-state index contributed by atoms with van der Waals surface area (Å²) in [6.07, 6.45) is 7.52. The molecular formula is C32H37ClN2O2S. The first-order valence-corrected chi connectivity index (χ1v) is 15.0. The normalized spacial score (nSPS) is 17.6. The zero-order valence-electron chi connectivity index (χ0n) is 22.3. The van der Waals surface area contributed by atoms with Crippen LogP contribution >= 0.6 is 11.8 Å². The Morgan fingerprint density at radius 3 is 2.11 bits per heavy atom. The summed E-state index contributed by atoms with van der Waals surface area (Å²) in [7, 11) is -3.81. The molecule has 1 N–H and O–H groups in total. The second-order valence-corrected chi connectivity index (χ2v) is 12.4. The molecule has 6 heteroatoms. The fourth-order valence-corrected chi connectivity index (χ4v) is 6.78. The van der Waals surface area contributed by atoms with Gasteiger partial charge in [-0.05, 0) is 74.1 Å². The molecule has 0 saturated heterocycles. The number of nitrogens with zero attached hydrogens (tertiary/aromatic N) is 1. The van der Waals surface area contributed by atoms with Crippen LogP contribution in [0, 0.1) is 12.8 Å². The molecule has 0 saturated carbocycles. The molecule has 0 aliphatic heterocycles. The van der Waals surface area contributed by atoms with Crippen LogP contribution in [0.15, 0.2) is 113 Å². The van der Waals surface area contributed by atoms with Gasteiger partial charge in [-0.1, -0.05) is 109 Å². The summed E-state index contributed by atoms with van der Waals surface area (Å²) in [6, 6.07) is 25.5. The molecule has 0 amide bonds. The Kier molecular flexibility index (Phi) is 9.61. The van der Waals surface area contributed by atoms with Crippen LogP contribution < -0.4 is 4.72 Å². The van der Waals surface area contributed by atoms with Crippen LogP contribution in [0.2, 0.25) is 0 Å². The summed E-state index contributed by atoms with van der Waals surface area (Å²) in [5, 5.41) is 0. The van der Waals surface area contributed by atoms with Gasteiger partial charge >= 0.3 is 0 Å². The summed E-state index contributed by atoms with van der Waals surface area (Å²) in [6.45, 7) is 6.96. The third kappa shape index (κ3) is 7.45. The molecule has 0 heterocycles. The zero-order chi connectivity index (χ0) is 27.1. The molecule has 0 spiro atoms. The molecule has 0 aromatic heterocycles. The van der Waals surface area contributed by atoms with E-state index in [1.165, 1.54) is 11.1 Å². The summed E-state index contributed by atoms with van der Waals surface area (Å²) in [5.41, 5.74) is 5.67. The molecule has 1 aliphatic carbocycles. The van der Waals surface area contributed by atoms with Crippen molar-refractivity contribution in [1.29, 1.82) is 0 Å². The van der Waals surface area contributed by atoms with Crippen molar-refractivity contribution < 1.29 is 8.42 Å². The van der Waals surface area contributed by atoms with Gasteiger partial charge in [-0.2, -0.15) is 0 Å². The topological polar surface area (TPSA) is 49.4 Å². The van der Waals surface area contributed by atoms with Crippen LogP contribution in [-0.2, 0) is 10.0 Å². The minimum Gasteiger partial charge on any atom is -0.211 e. The highest BCUT2D eigenvalue weighted by Crippen LogP contribution is 2.37. The first-order chi connectivity index (χ1) is 18.2. The number of hydrogen-bond donors (Lipinski definition) is 1. The van der Waals surface area contributed by atoms with Gasteiger partial charge in [0.1, 0.15) is 0 Å². The Morgan fingerprint density at radius 2 is 1.50 bits per heavy atom. The Labute approximate surface area is 233 Å². The molecule has 4 rings (SSSR count). The van der Waals surface area contributed by atoms with Crippen LogP contribution in [0.25, 0.3) is 0 Å². The van der Waals surface area contributed by atoms with E-state index in [2.05, 4.69) is 30.7 Å². The van der Waals surface area contributed by atoms with Crippen LogP contribution in [0.4, 0.5) is 0 Å². The van der Waals surface area contributed by atoms with E-state index in [9.17, 15) is 8.42 Å². The molecule has 3 unspecified atom stereocenters. The van der Waals surface area contributed by atoms with Crippen molar-refractivity contribution in [2.75, 3.05) is 6.54 Å². The third-order valence-corrected chi connectivity index (χ3v) is 8.79. The monoisotopic (exact) mass is 548 g/mol. The minimum absolute atomic E-state index is 0.235. The molecule has 0 bridgehead atoms. The van der Waals surface area contributed by atoms with Crippen molar-refractivity contribution in [3.63, 3.8) is 0 Å². The Balaban J connectivity index is 1.63. The van der Waals surface area contributed by atoms with Gasteiger partial charge in [0, 0.05) is 6.54 Å². The van der Waals surface area contributed by atoms with Gasteiger partial charge in [-0.25, -0.2) is 17.6 Å². The molecule has 3 aromatic rings. The van der Waals surface area contributed by atoms with Crippen LogP contribution in [0.3, 0.4) is 0 Å². The van der Waals surface area contributed by atoms with Gasteiger partial charge in [0.15, 0.2) is 0 Å². The van der Waals surface area contributed by atoms with Gasteiger partial charge < -0.3 is 0 Å². The quantitative estimate of drug-likeness (QED) is 0.196. The number of benzene rings is 3. The van der Waals surface area contributed by atoms with E-state index in [-0.39, 0.29) is 4.90 Å². The minimum atomic E-state index is -3.81. The lowest BCUT2D eigenvalue weighted by Gasteiger charge is -2.34. The van der Waals surface area contributed by atoms with Gasteiger partial charge in [0.05, 0.1) is 17.0 Å². The highest BCUT2D eigenvalue weighted by atomic mass is 35.5. The summed E-state index contributed by atoms with van der Waals surface area (Å²) in [4.78, 5) is 0.235. The number of aryl methyl sites for hydroxylation is 1. The maximum absolute atomic E-state index is 13.6. The fourth-order valence-electron chi connectivity index (χ4n) is 5.21. The standard InChI is InChI=1S/C32H37ClN2O2S/c1-24-16-18-30(19-17-24)38(36,37)34-31(28-12-6-4-7-13-28)32(29-14-8-5-9-15-29)35(33)20-10-11-27-22-25(2)21-26(3)23-27/h4-9,12-19,21-22,25,31-32,34H,10-11,20,23H2,1-3H3. The highest BCUT2D eigenvalue weighted by Gasteiger charge is 2.33.